The molecular weight excluding hydrogens is 314 g/mol. The van der Waals surface area contributed by atoms with Crippen molar-refractivity contribution >= 4 is 5.91 Å². The molecule has 140 valence electrons. The lowest BCUT2D eigenvalue weighted by molar-refractivity contribution is 0.0972. The molecule has 4 N–H and O–H groups in total. The first-order valence-electron chi connectivity index (χ1n) is 8.99. The van der Waals surface area contributed by atoms with Gasteiger partial charge in [-0.3, -0.25) is 4.79 Å². The van der Waals surface area contributed by atoms with E-state index in [0.717, 1.165) is 5.92 Å². The minimum atomic E-state index is -0.525. The zero-order valence-corrected chi connectivity index (χ0v) is 15.8. The van der Waals surface area contributed by atoms with E-state index in [0.29, 0.717) is 5.76 Å². The molecule has 0 saturated heterocycles. The lowest BCUT2D eigenvalue weighted by Crippen LogP contribution is -2.09. The second-order valence-electron chi connectivity index (χ2n) is 6.23. The van der Waals surface area contributed by atoms with Gasteiger partial charge in [-0.15, -0.1) is 0 Å². The van der Waals surface area contributed by atoms with Crippen molar-refractivity contribution in [3.63, 3.8) is 0 Å². The van der Waals surface area contributed by atoms with Crippen molar-refractivity contribution in [1.29, 1.82) is 0 Å². The van der Waals surface area contributed by atoms with Crippen molar-refractivity contribution in [3.05, 3.63) is 59.5 Å². The molecule has 1 aromatic carbocycles. The van der Waals surface area contributed by atoms with E-state index in [1.165, 1.54) is 38.5 Å². The van der Waals surface area contributed by atoms with Crippen LogP contribution in [-0.4, -0.2) is 11.4 Å². The van der Waals surface area contributed by atoms with E-state index in [2.05, 4.69) is 44.2 Å². The molecule has 0 spiro atoms. The molecule has 0 unspecified atom stereocenters. The Morgan fingerprint density at radius 2 is 1.60 bits per heavy atom. The summed E-state index contributed by atoms with van der Waals surface area (Å²) < 4.78 is 4.87. The molecule has 1 aliphatic carbocycles. The number of hydrogen-bond acceptors (Lipinski definition) is 2. The number of rotatable bonds is 2. The number of nitrogens with two attached hydrogens (primary N) is 1. The Morgan fingerprint density at radius 1 is 1.04 bits per heavy atom. The molecule has 2 aromatic rings. The average molecular weight is 347 g/mol. The SMILES string of the molecule is CCC.Cc1ccc(C(N)=O)o1.O.c1ccc(C2CCCCC2)cc1. The van der Waals surface area contributed by atoms with Gasteiger partial charge in [-0.2, -0.15) is 0 Å². The van der Waals surface area contributed by atoms with Crippen LogP contribution < -0.4 is 5.73 Å². The highest BCUT2D eigenvalue weighted by Gasteiger charge is 2.14. The average Bonchev–Trinajstić information content (AvgIpc) is 3.05. The van der Waals surface area contributed by atoms with Gasteiger partial charge in [-0.1, -0.05) is 69.9 Å². The summed E-state index contributed by atoms with van der Waals surface area (Å²) in [5.74, 6) is 1.25. The van der Waals surface area contributed by atoms with Gasteiger partial charge in [0.2, 0.25) is 0 Å². The first-order valence-corrected chi connectivity index (χ1v) is 8.99. The third-order valence-corrected chi connectivity index (χ3v) is 3.86. The lowest BCUT2D eigenvalue weighted by Gasteiger charge is -2.21. The predicted molar refractivity (Wildman–Crippen MR) is 104 cm³/mol. The van der Waals surface area contributed by atoms with Gasteiger partial charge in [-0.25, -0.2) is 0 Å². The molecule has 1 amide bonds. The molecule has 1 aliphatic rings. The monoisotopic (exact) mass is 347 g/mol. The fourth-order valence-corrected chi connectivity index (χ4v) is 2.73. The number of amides is 1. The number of carbonyl (C=O) groups excluding carboxylic acids is 1. The first kappa shape index (κ1) is 22.9. The summed E-state index contributed by atoms with van der Waals surface area (Å²) in [6.45, 7) is 6.01. The van der Waals surface area contributed by atoms with Crippen LogP contribution in [0.5, 0.6) is 0 Å². The Bertz CT molecular complexity index is 572. The minimum Gasteiger partial charge on any atom is -0.456 e. The molecule has 4 nitrogen and oxygen atoms in total. The second kappa shape index (κ2) is 13.2. The van der Waals surface area contributed by atoms with Crippen LogP contribution in [0.2, 0.25) is 0 Å². The maximum Gasteiger partial charge on any atom is 0.284 e. The van der Waals surface area contributed by atoms with E-state index in [4.69, 9.17) is 10.2 Å². The lowest BCUT2D eigenvalue weighted by atomic mass is 9.84. The van der Waals surface area contributed by atoms with Crippen molar-refractivity contribution in [3.8, 4) is 0 Å². The molecule has 1 saturated carbocycles. The van der Waals surface area contributed by atoms with E-state index in [-0.39, 0.29) is 11.2 Å². The number of hydrogen-bond donors (Lipinski definition) is 1. The fourth-order valence-electron chi connectivity index (χ4n) is 2.73. The summed E-state index contributed by atoms with van der Waals surface area (Å²) in [7, 11) is 0. The highest BCUT2D eigenvalue weighted by atomic mass is 16.3. The third kappa shape index (κ3) is 9.11. The van der Waals surface area contributed by atoms with Crippen LogP contribution in [0.4, 0.5) is 0 Å². The molecule has 0 radical (unpaired) electrons. The summed E-state index contributed by atoms with van der Waals surface area (Å²) in [6, 6.07) is 14.2. The van der Waals surface area contributed by atoms with Crippen LogP contribution in [0.15, 0.2) is 46.9 Å². The number of benzene rings is 1. The van der Waals surface area contributed by atoms with Gasteiger partial charge in [-0.05, 0) is 43.4 Å². The van der Waals surface area contributed by atoms with Crippen molar-refractivity contribution in [2.24, 2.45) is 5.73 Å². The van der Waals surface area contributed by atoms with Gasteiger partial charge in [0.05, 0.1) is 0 Å². The van der Waals surface area contributed by atoms with Crippen LogP contribution in [0.3, 0.4) is 0 Å². The largest absolute Gasteiger partial charge is 0.456 e. The van der Waals surface area contributed by atoms with Crippen molar-refractivity contribution in [1.82, 2.24) is 0 Å². The quantitative estimate of drug-likeness (QED) is 0.827. The number of aryl methyl sites for hydroxylation is 1. The minimum absolute atomic E-state index is 0. The normalized spacial score (nSPS) is 13.4. The van der Waals surface area contributed by atoms with Crippen LogP contribution in [0.25, 0.3) is 0 Å². The number of furan rings is 1. The van der Waals surface area contributed by atoms with E-state index in [9.17, 15) is 4.79 Å². The van der Waals surface area contributed by atoms with Gasteiger partial charge in [0.25, 0.3) is 5.91 Å². The Morgan fingerprint density at radius 3 is 2.00 bits per heavy atom. The van der Waals surface area contributed by atoms with E-state index >= 15 is 0 Å². The van der Waals surface area contributed by atoms with E-state index in [1.54, 1.807) is 24.6 Å². The molecule has 3 rings (SSSR count). The van der Waals surface area contributed by atoms with Crippen molar-refractivity contribution < 1.29 is 14.7 Å². The van der Waals surface area contributed by atoms with Gasteiger partial charge < -0.3 is 15.6 Å². The molecule has 0 bridgehead atoms. The van der Waals surface area contributed by atoms with Gasteiger partial charge in [0.15, 0.2) is 5.76 Å². The van der Waals surface area contributed by atoms with Crippen molar-refractivity contribution in [2.75, 3.05) is 0 Å². The van der Waals surface area contributed by atoms with Crippen LogP contribution in [0.1, 0.15) is 80.2 Å². The fraction of sp³-hybridized carbons (Fsp3) is 0.476. The maximum atomic E-state index is 10.3. The molecular formula is C21H33NO3. The molecule has 1 aromatic heterocycles. The Balaban J connectivity index is 0.000000397. The maximum absolute atomic E-state index is 10.3. The summed E-state index contributed by atoms with van der Waals surface area (Å²) in [6.07, 6.45) is 8.37. The molecule has 1 fully saturated rings. The van der Waals surface area contributed by atoms with Gasteiger partial charge in [0, 0.05) is 0 Å². The summed E-state index contributed by atoms with van der Waals surface area (Å²) >= 11 is 0. The van der Waals surface area contributed by atoms with Crippen molar-refractivity contribution in [2.45, 2.75) is 65.2 Å². The van der Waals surface area contributed by atoms with Gasteiger partial charge in [0.1, 0.15) is 5.76 Å². The highest BCUT2D eigenvalue weighted by molar-refractivity contribution is 5.89. The molecule has 4 heteroatoms. The first-order chi connectivity index (χ1) is 11.6. The standard InChI is InChI=1S/C12H16.C6H7NO2.C3H8.H2O/c1-3-7-11(8-4-1)12-9-5-2-6-10-12;1-4-2-3-5(9-4)6(7)8;1-3-2;/h1,3-4,7-8,12H,2,5-6,9-10H2;2-3H,1H3,(H2,7,8);3H2,1-2H3;1H2. The molecule has 0 atom stereocenters. The second-order valence-corrected chi connectivity index (χ2v) is 6.23. The Labute approximate surface area is 151 Å². The van der Waals surface area contributed by atoms with Crippen LogP contribution in [-0.2, 0) is 0 Å². The highest BCUT2D eigenvalue weighted by Crippen LogP contribution is 2.32. The zero-order valence-electron chi connectivity index (χ0n) is 15.8. The Kier molecular flexibility index (Phi) is 12.1. The summed E-state index contributed by atoms with van der Waals surface area (Å²) in [5, 5.41) is 0. The van der Waals surface area contributed by atoms with Crippen LogP contribution in [0, 0.1) is 6.92 Å². The predicted octanol–water partition coefficient (Wildman–Crippen LogP) is 5.01. The number of primary amides is 1. The number of carbonyl (C=O) groups is 1. The smallest absolute Gasteiger partial charge is 0.284 e. The van der Waals surface area contributed by atoms with E-state index in [1.807, 2.05) is 0 Å². The van der Waals surface area contributed by atoms with Gasteiger partial charge >= 0.3 is 0 Å². The molecule has 0 aliphatic heterocycles. The molecule has 25 heavy (non-hydrogen) atoms. The zero-order chi connectivity index (χ0) is 17.8. The topological polar surface area (TPSA) is 87.7 Å². The van der Waals surface area contributed by atoms with Crippen LogP contribution >= 0.6 is 0 Å². The summed E-state index contributed by atoms with van der Waals surface area (Å²) in [4.78, 5) is 10.3. The molecule has 1 heterocycles. The summed E-state index contributed by atoms with van der Waals surface area (Å²) in [5.41, 5.74) is 6.45. The third-order valence-electron chi connectivity index (χ3n) is 3.86. The van der Waals surface area contributed by atoms with E-state index < -0.39 is 5.91 Å². The Hall–Kier alpha value is -2.07.